The second-order valence-electron chi connectivity index (χ2n) is 8.99. The summed E-state index contributed by atoms with van der Waals surface area (Å²) in [5.74, 6) is 1.86. The molecule has 2 aromatic rings. The lowest BCUT2D eigenvalue weighted by Gasteiger charge is -2.30. The summed E-state index contributed by atoms with van der Waals surface area (Å²) in [4.78, 5) is 5.98. The lowest BCUT2D eigenvalue weighted by atomic mass is 9.85. The maximum absolute atomic E-state index is 12.2. The summed E-state index contributed by atoms with van der Waals surface area (Å²) < 4.78 is 37.8. The molecule has 3 rings (SSSR count). The molecule has 0 unspecified atom stereocenters. The van der Waals surface area contributed by atoms with Crippen molar-refractivity contribution in [3.8, 4) is 5.75 Å². The highest BCUT2D eigenvalue weighted by molar-refractivity contribution is 7.89. The molecule has 1 aromatic heterocycles. The van der Waals surface area contributed by atoms with Crippen LogP contribution >= 0.6 is 0 Å². The van der Waals surface area contributed by atoms with E-state index in [2.05, 4.69) is 24.4 Å². The van der Waals surface area contributed by atoms with Gasteiger partial charge in [-0.3, -0.25) is 4.99 Å². The second kappa shape index (κ2) is 8.89. The minimum absolute atomic E-state index is 0.0279. The molecule has 1 aromatic carbocycles. The van der Waals surface area contributed by atoms with Crippen LogP contribution in [0.1, 0.15) is 43.9 Å². The number of phenols is 1. The Morgan fingerprint density at radius 1 is 1.15 bits per heavy atom. The normalized spacial score (nSPS) is 16.8. The van der Waals surface area contributed by atoms with Crippen LogP contribution < -0.4 is 10.6 Å². The fourth-order valence-corrected chi connectivity index (χ4v) is 4.26. The zero-order chi connectivity index (χ0) is 24.6. The lowest BCUT2D eigenvalue weighted by molar-refractivity contribution is 0.261. The van der Waals surface area contributed by atoms with Crippen molar-refractivity contribution in [1.82, 2.24) is 10.2 Å². The molecule has 178 valence electrons. The Balaban J connectivity index is 1.97. The molecule has 0 saturated carbocycles. The van der Waals surface area contributed by atoms with Gasteiger partial charge in [-0.2, -0.15) is 8.42 Å². The fourth-order valence-electron chi connectivity index (χ4n) is 3.49. The van der Waals surface area contributed by atoms with Crippen LogP contribution in [0.5, 0.6) is 5.75 Å². The Kier molecular flexibility index (Phi) is 6.55. The van der Waals surface area contributed by atoms with Crippen LogP contribution in [0.3, 0.4) is 0 Å². The van der Waals surface area contributed by atoms with Crippen LogP contribution in [0.4, 0.5) is 5.69 Å². The number of para-hydroxylation sites is 1. The van der Waals surface area contributed by atoms with Gasteiger partial charge in [0.15, 0.2) is 11.7 Å². The van der Waals surface area contributed by atoms with Gasteiger partial charge in [-0.25, -0.2) is 0 Å². The van der Waals surface area contributed by atoms with Crippen LogP contribution in [-0.2, 0) is 10.2 Å². The van der Waals surface area contributed by atoms with E-state index in [1.54, 1.807) is 30.1 Å². The number of benzene rings is 1. The van der Waals surface area contributed by atoms with E-state index in [9.17, 15) is 13.5 Å². The van der Waals surface area contributed by atoms with E-state index in [0.717, 1.165) is 5.76 Å². The Bertz CT molecular complexity index is 1240. The molecular formula is C22H30N6O4S. The molecule has 3 N–H and O–H groups in total. The summed E-state index contributed by atoms with van der Waals surface area (Å²) in [6, 6.07) is 8.36. The molecule has 0 aliphatic carbocycles. The van der Waals surface area contributed by atoms with Crippen molar-refractivity contribution in [3.63, 3.8) is 0 Å². The van der Waals surface area contributed by atoms with Gasteiger partial charge in [0.2, 0.25) is 0 Å². The van der Waals surface area contributed by atoms with Gasteiger partial charge >= 0.3 is 10.2 Å². The number of aryl methyl sites for hydroxylation is 1. The third-order valence-electron chi connectivity index (χ3n) is 5.00. The van der Waals surface area contributed by atoms with Crippen LogP contribution in [0.2, 0.25) is 0 Å². The standard InChI is InChI=1S/C22H30N6O4S/c1-13-11-12-16(32-13)18(22(2,3)4)25-20-19(26-33(30,31)27-20)24-15-10-8-9-14(17(15)29)21(23-5)28(6)7/h8-12,18,29H,1-7H3,(H,24,26)(H,25,27)/b23-21-/t18-/m0/s1. The van der Waals surface area contributed by atoms with E-state index in [-0.39, 0.29) is 28.5 Å². The molecule has 1 aliphatic rings. The molecule has 1 aliphatic heterocycles. The van der Waals surface area contributed by atoms with E-state index in [1.165, 1.54) is 0 Å². The van der Waals surface area contributed by atoms with E-state index in [1.807, 2.05) is 53.9 Å². The highest BCUT2D eigenvalue weighted by Gasteiger charge is 2.34. The van der Waals surface area contributed by atoms with Gasteiger partial charge in [0.25, 0.3) is 0 Å². The van der Waals surface area contributed by atoms with Crippen LogP contribution in [0.15, 0.2) is 48.5 Å². The summed E-state index contributed by atoms with van der Waals surface area (Å²) in [5, 5.41) is 16.9. The molecule has 0 radical (unpaired) electrons. The number of hydrogen-bond donors (Lipinski definition) is 3. The number of amidine groups is 3. The Morgan fingerprint density at radius 2 is 1.82 bits per heavy atom. The number of furan rings is 1. The summed E-state index contributed by atoms with van der Waals surface area (Å²) >= 11 is 0. The molecule has 1 atom stereocenters. The van der Waals surface area contributed by atoms with Crippen molar-refractivity contribution < 1.29 is 17.9 Å². The molecule has 0 bridgehead atoms. The lowest BCUT2D eigenvalue weighted by Crippen LogP contribution is -2.41. The van der Waals surface area contributed by atoms with Gasteiger partial charge < -0.3 is 25.1 Å². The average Bonchev–Trinajstić information content (AvgIpc) is 3.24. The van der Waals surface area contributed by atoms with Gasteiger partial charge in [-0.15, -0.1) is 8.80 Å². The first kappa shape index (κ1) is 24.3. The van der Waals surface area contributed by atoms with E-state index >= 15 is 0 Å². The Morgan fingerprint density at radius 3 is 2.36 bits per heavy atom. The highest BCUT2D eigenvalue weighted by Crippen LogP contribution is 2.34. The number of phenolic OH excluding ortho intramolecular Hbond substituents is 1. The number of hydrogen-bond acceptors (Lipinski definition) is 7. The fraction of sp³-hybridized carbons (Fsp3) is 0.409. The number of rotatable bonds is 4. The van der Waals surface area contributed by atoms with Crippen molar-refractivity contribution in [2.24, 2.45) is 19.2 Å². The topological polar surface area (TPSA) is 132 Å². The SMILES string of the molecule is C/N=C(/c1cccc(NC2=NS(=O)(=O)N=C2N[C@@H](c2ccc(C)o2)C(C)(C)C)c1O)N(C)C. The molecule has 2 heterocycles. The van der Waals surface area contributed by atoms with Crippen LogP contribution in [0.25, 0.3) is 0 Å². The van der Waals surface area contributed by atoms with Crippen LogP contribution in [0, 0.1) is 12.3 Å². The largest absolute Gasteiger partial charge is 0.505 e. The summed E-state index contributed by atoms with van der Waals surface area (Å²) in [7, 11) is 1.17. The van der Waals surface area contributed by atoms with Crippen molar-refractivity contribution in [2.75, 3.05) is 26.5 Å². The van der Waals surface area contributed by atoms with Crippen molar-refractivity contribution >= 4 is 33.4 Å². The predicted molar refractivity (Wildman–Crippen MR) is 130 cm³/mol. The van der Waals surface area contributed by atoms with E-state index < -0.39 is 16.3 Å². The third kappa shape index (κ3) is 5.36. The average molecular weight is 475 g/mol. The molecule has 0 spiro atoms. The predicted octanol–water partition coefficient (Wildman–Crippen LogP) is 3.08. The van der Waals surface area contributed by atoms with E-state index in [4.69, 9.17) is 4.42 Å². The number of nitrogens with zero attached hydrogens (tertiary/aromatic N) is 4. The molecule has 11 heteroatoms. The molecule has 33 heavy (non-hydrogen) atoms. The van der Waals surface area contributed by atoms with Crippen LogP contribution in [-0.4, -0.2) is 57.1 Å². The van der Waals surface area contributed by atoms with Crippen molar-refractivity contribution in [2.45, 2.75) is 33.7 Å². The number of aliphatic imine (C=N–C) groups is 1. The molecule has 0 saturated heterocycles. The molecule has 10 nitrogen and oxygen atoms in total. The zero-order valence-electron chi connectivity index (χ0n) is 19.8. The molecular weight excluding hydrogens is 444 g/mol. The quantitative estimate of drug-likeness (QED) is 0.352. The maximum atomic E-state index is 12.2. The zero-order valence-corrected chi connectivity index (χ0v) is 20.6. The van der Waals surface area contributed by atoms with Crippen molar-refractivity contribution in [1.29, 1.82) is 0 Å². The number of nitrogens with one attached hydrogen (secondary N) is 2. The summed E-state index contributed by atoms with van der Waals surface area (Å²) in [5.41, 5.74) is 0.408. The number of aromatic hydroxyl groups is 1. The second-order valence-corrected chi connectivity index (χ2v) is 10.2. The maximum Gasteiger partial charge on any atom is 0.367 e. The Hall–Kier alpha value is -3.34. The summed E-state index contributed by atoms with van der Waals surface area (Å²) in [6.45, 7) is 7.84. The molecule has 0 amide bonds. The van der Waals surface area contributed by atoms with Gasteiger partial charge in [0.1, 0.15) is 23.1 Å². The third-order valence-corrected chi connectivity index (χ3v) is 5.82. The van der Waals surface area contributed by atoms with Gasteiger partial charge in [0, 0.05) is 21.1 Å². The first-order chi connectivity index (χ1) is 15.3. The van der Waals surface area contributed by atoms with Gasteiger partial charge in [-0.1, -0.05) is 26.8 Å². The minimum Gasteiger partial charge on any atom is -0.505 e. The smallest absolute Gasteiger partial charge is 0.367 e. The van der Waals surface area contributed by atoms with Gasteiger partial charge in [0.05, 0.1) is 17.3 Å². The highest BCUT2D eigenvalue weighted by atomic mass is 32.2. The molecule has 0 fully saturated rings. The number of anilines is 1. The van der Waals surface area contributed by atoms with E-state index in [0.29, 0.717) is 17.2 Å². The van der Waals surface area contributed by atoms with Gasteiger partial charge in [-0.05, 0) is 36.6 Å². The first-order valence-corrected chi connectivity index (χ1v) is 11.7. The summed E-state index contributed by atoms with van der Waals surface area (Å²) in [6.07, 6.45) is 0. The Labute approximate surface area is 194 Å². The monoisotopic (exact) mass is 474 g/mol. The van der Waals surface area contributed by atoms with Crippen molar-refractivity contribution in [3.05, 3.63) is 47.4 Å². The first-order valence-electron chi connectivity index (χ1n) is 10.3. The minimum atomic E-state index is -4.08.